The standard InChI is InChI=1S/C22H27N3O4S/c1-15(2)24-30(28,29)18-11-9-17(10-12-18)21(26)23-19-8-6-7-16(3)20(19)22(27)25-13-4-5-14-25/h6-12,15,24H,4-5,13-14H2,1-3H3,(H,23,26). The monoisotopic (exact) mass is 429 g/mol. The van der Waals surface area contributed by atoms with Gasteiger partial charge in [-0.05, 0) is 69.5 Å². The van der Waals surface area contributed by atoms with Gasteiger partial charge in [0.2, 0.25) is 10.0 Å². The number of hydrogen-bond donors (Lipinski definition) is 2. The van der Waals surface area contributed by atoms with E-state index in [1.807, 2.05) is 13.0 Å². The van der Waals surface area contributed by atoms with Crippen molar-refractivity contribution in [2.24, 2.45) is 0 Å². The number of nitrogens with one attached hydrogen (secondary N) is 2. The molecule has 1 fully saturated rings. The van der Waals surface area contributed by atoms with E-state index in [4.69, 9.17) is 0 Å². The van der Waals surface area contributed by atoms with Gasteiger partial charge in [0.15, 0.2) is 0 Å². The SMILES string of the molecule is Cc1cccc(NC(=O)c2ccc(S(=O)(=O)NC(C)C)cc2)c1C(=O)N1CCCC1. The van der Waals surface area contributed by atoms with Gasteiger partial charge in [0.05, 0.1) is 16.1 Å². The summed E-state index contributed by atoms with van der Waals surface area (Å²) in [6.45, 7) is 6.77. The third kappa shape index (κ3) is 4.88. The summed E-state index contributed by atoms with van der Waals surface area (Å²) in [6, 6.07) is 10.8. The first-order chi connectivity index (χ1) is 14.2. The molecular weight excluding hydrogens is 402 g/mol. The molecule has 0 radical (unpaired) electrons. The number of benzene rings is 2. The molecule has 1 aliphatic rings. The zero-order valence-corrected chi connectivity index (χ0v) is 18.3. The van der Waals surface area contributed by atoms with E-state index in [2.05, 4.69) is 10.0 Å². The molecule has 2 aromatic carbocycles. The Hall–Kier alpha value is -2.71. The van der Waals surface area contributed by atoms with Crippen LogP contribution in [0.1, 0.15) is 53.0 Å². The molecule has 0 unspecified atom stereocenters. The molecule has 0 aromatic heterocycles. The Morgan fingerprint density at radius 3 is 2.23 bits per heavy atom. The predicted octanol–water partition coefficient (Wildman–Crippen LogP) is 3.17. The molecule has 8 heteroatoms. The van der Waals surface area contributed by atoms with E-state index in [0.29, 0.717) is 16.8 Å². The van der Waals surface area contributed by atoms with Crippen molar-refractivity contribution in [3.63, 3.8) is 0 Å². The van der Waals surface area contributed by atoms with Crippen LogP contribution in [0.2, 0.25) is 0 Å². The topological polar surface area (TPSA) is 95.6 Å². The van der Waals surface area contributed by atoms with Crippen LogP contribution >= 0.6 is 0 Å². The first-order valence-corrected chi connectivity index (χ1v) is 11.5. The number of sulfonamides is 1. The number of carbonyl (C=O) groups excluding carboxylic acids is 2. The molecule has 0 bridgehead atoms. The fourth-order valence-electron chi connectivity index (χ4n) is 3.49. The van der Waals surface area contributed by atoms with Crippen LogP contribution in [-0.2, 0) is 10.0 Å². The minimum Gasteiger partial charge on any atom is -0.339 e. The summed E-state index contributed by atoms with van der Waals surface area (Å²) in [6.07, 6.45) is 1.97. The van der Waals surface area contributed by atoms with E-state index in [-0.39, 0.29) is 16.8 Å². The summed E-state index contributed by atoms with van der Waals surface area (Å²) < 4.78 is 27.0. The lowest BCUT2D eigenvalue weighted by molar-refractivity contribution is 0.0793. The number of carbonyl (C=O) groups is 2. The molecule has 2 amide bonds. The normalized spacial score (nSPS) is 14.2. The fraction of sp³-hybridized carbons (Fsp3) is 0.364. The van der Waals surface area contributed by atoms with Crippen molar-refractivity contribution in [2.45, 2.75) is 44.6 Å². The summed E-state index contributed by atoms with van der Waals surface area (Å²) >= 11 is 0. The van der Waals surface area contributed by atoms with E-state index >= 15 is 0 Å². The first kappa shape index (κ1) is 22.0. The molecule has 1 saturated heterocycles. The van der Waals surface area contributed by atoms with Gasteiger partial charge in [-0.3, -0.25) is 9.59 Å². The van der Waals surface area contributed by atoms with Gasteiger partial charge in [-0.25, -0.2) is 13.1 Å². The van der Waals surface area contributed by atoms with Crippen molar-refractivity contribution >= 4 is 27.5 Å². The predicted molar refractivity (Wildman–Crippen MR) is 116 cm³/mol. The Bertz CT molecular complexity index is 1040. The second kappa shape index (κ2) is 8.97. The summed E-state index contributed by atoms with van der Waals surface area (Å²) in [5.41, 5.74) is 2.05. The Kier molecular flexibility index (Phi) is 6.58. The van der Waals surface area contributed by atoms with E-state index in [9.17, 15) is 18.0 Å². The third-order valence-electron chi connectivity index (χ3n) is 4.95. The lowest BCUT2D eigenvalue weighted by atomic mass is 10.0. The van der Waals surface area contributed by atoms with E-state index in [1.54, 1.807) is 30.9 Å². The lowest BCUT2D eigenvalue weighted by Gasteiger charge is -2.19. The molecule has 2 aromatic rings. The van der Waals surface area contributed by atoms with Gasteiger partial charge < -0.3 is 10.2 Å². The van der Waals surface area contributed by atoms with Crippen LogP contribution in [0.5, 0.6) is 0 Å². The van der Waals surface area contributed by atoms with Gasteiger partial charge in [0.25, 0.3) is 11.8 Å². The van der Waals surface area contributed by atoms with Crippen molar-refractivity contribution in [1.29, 1.82) is 0 Å². The highest BCUT2D eigenvalue weighted by molar-refractivity contribution is 7.89. The van der Waals surface area contributed by atoms with Gasteiger partial charge in [-0.1, -0.05) is 12.1 Å². The molecule has 2 N–H and O–H groups in total. The molecule has 0 saturated carbocycles. The summed E-state index contributed by atoms with van der Waals surface area (Å²) in [4.78, 5) is 27.6. The van der Waals surface area contributed by atoms with Crippen molar-refractivity contribution in [2.75, 3.05) is 18.4 Å². The van der Waals surface area contributed by atoms with Gasteiger partial charge >= 0.3 is 0 Å². The largest absolute Gasteiger partial charge is 0.339 e. The number of aryl methyl sites for hydroxylation is 1. The second-order valence-corrected chi connectivity index (χ2v) is 9.47. The number of likely N-dealkylation sites (tertiary alicyclic amines) is 1. The average Bonchev–Trinajstić information content (AvgIpc) is 3.22. The Labute approximate surface area is 177 Å². The molecular formula is C22H27N3O4S. The van der Waals surface area contributed by atoms with Crippen molar-refractivity contribution in [1.82, 2.24) is 9.62 Å². The number of nitrogens with zero attached hydrogens (tertiary/aromatic N) is 1. The third-order valence-corrected chi connectivity index (χ3v) is 6.62. The maximum Gasteiger partial charge on any atom is 0.256 e. The number of amides is 2. The summed E-state index contributed by atoms with van der Waals surface area (Å²) in [5.74, 6) is -0.487. The highest BCUT2D eigenvalue weighted by Gasteiger charge is 2.24. The molecule has 0 spiro atoms. The molecule has 30 heavy (non-hydrogen) atoms. The highest BCUT2D eigenvalue weighted by Crippen LogP contribution is 2.24. The van der Waals surface area contributed by atoms with Crippen LogP contribution in [-0.4, -0.2) is 44.3 Å². The van der Waals surface area contributed by atoms with Crippen molar-refractivity contribution < 1.29 is 18.0 Å². The van der Waals surface area contributed by atoms with Crippen LogP contribution in [0.3, 0.4) is 0 Å². The van der Waals surface area contributed by atoms with Crippen LogP contribution in [0.4, 0.5) is 5.69 Å². The Balaban J connectivity index is 1.81. The lowest BCUT2D eigenvalue weighted by Crippen LogP contribution is -2.30. The smallest absolute Gasteiger partial charge is 0.256 e. The van der Waals surface area contributed by atoms with Crippen LogP contribution < -0.4 is 10.0 Å². The molecule has 1 aliphatic heterocycles. The zero-order valence-electron chi connectivity index (χ0n) is 17.4. The Morgan fingerprint density at radius 1 is 1.00 bits per heavy atom. The average molecular weight is 430 g/mol. The molecule has 160 valence electrons. The van der Waals surface area contributed by atoms with Crippen LogP contribution in [0.25, 0.3) is 0 Å². The maximum atomic E-state index is 13.0. The number of rotatable bonds is 6. The second-order valence-electron chi connectivity index (χ2n) is 7.75. The molecule has 0 aliphatic carbocycles. The number of anilines is 1. The van der Waals surface area contributed by atoms with E-state index < -0.39 is 15.9 Å². The van der Waals surface area contributed by atoms with E-state index in [0.717, 1.165) is 31.5 Å². The summed E-state index contributed by atoms with van der Waals surface area (Å²) in [7, 11) is -3.63. The van der Waals surface area contributed by atoms with E-state index in [1.165, 1.54) is 24.3 Å². The fourth-order valence-corrected chi connectivity index (χ4v) is 4.74. The van der Waals surface area contributed by atoms with Crippen molar-refractivity contribution in [3.8, 4) is 0 Å². The molecule has 1 heterocycles. The first-order valence-electron chi connectivity index (χ1n) is 10.0. The van der Waals surface area contributed by atoms with Crippen LogP contribution in [0.15, 0.2) is 47.4 Å². The molecule has 7 nitrogen and oxygen atoms in total. The zero-order chi connectivity index (χ0) is 21.9. The van der Waals surface area contributed by atoms with Crippen molar-refractivity contribution in [3.05, 3.63) is 59.2 Å². The maximum absolute atomic E-state index is 13.0. The van der Waals surface area contributed by atoms with Gasteiger partial charge in [-0.15, -0.1) is 0 Å². The quantitative estimate of drug-likeness (QED) is 0.737. The molecule has 3 rings (SSSR count). The minimum absolute atomic E-state index is 0.0814. The van der Waals surface area contributed by atoms with Gasteiger partial charge in [0.1, 0.15) is 0 Å². The summed E-state index contributed by atoms with van der Waals surface area (Å²) in [5, 5.41) is 2.81. The highest BCUT2D eigenvalue weighted by atomic mass is 32.2. The van der Waals surface area contributed by atoms with Gasteiger partial charge in [-0.2, -0.15) is 0 Å². The van der Waals surface area contributed by atoms with Gasteiger partial charge in [0, 0.05) is 24.7 Å². The number of hydrogen-bond acceptors (Lipinski definition) is 4. The Morgan fingerprint density at radius 2 is 1.63 bits per heavy atom. The van der Waals surface area contributed by atoms with Crippen LogP contribution in [0, 0.1) is 6.92 Å². The molecule has 0 atom stereocenters. The minimum atomic E-state index is -3.63.